The molecule has 2 amide bonds. The molecule has 7 heteroatoms. The van der Waals surface area contributed by atoms with Gasteiger partial charge in [-0.25, -0.2) is 4.98 Å². The van der Waals surface area contributed by atoms with Gasteiger partial charge < -0.3 is 16.4 Å². The van der Waals surface area contributed by atoms with Crippen LogP contribution in [0, 0.1) is 5.92 Å². The predicted molar refractivity (Wildman–Crippen MR) is 81.8 cm³/mol. The summed E-state index contributed by atoms with van der Waals surface area (Å²) in [4.78, 5) is 29.7. The van der Waals surface area contributed by atoms with Crippen molar-refractivity contribution >= 4 is 23.2 Å². The van der Waals surface area contributed by atoms with Gasteiger partial charge in [-0.1, -0.05) is 13.8 Å². The standard InChI is InChI=1S/C14H22N4O2S/c1-8(2)6-9(15)13-17-10(7-21-13)14(20)18-5-3-4-11(18)12(16)19/h7-9,11H,3-6,15H2,1-2H3,(H2,16,19). The third-order valence-electron chi connectivity index (χ3n) is 3.63. The van der Waals surface area contributed by atoms with Gasteiger partial charge in [0.25, 0.3) is 5.91 Å². The van der Waals surface area contributed by atoms with E-state index in [2.05, 4.69) is 18.8 Å². The molecule has 0 aromatic carbocycles. The number of aromatic nitrogens is 1. The Kier molecular flexibility index (Phi) is 4.95. The first-order valence-electron chi connectivity index (χ1n) is 7.21. The highest BCUT2D eigenvalue weighted by Gasteiger charge is 2.34. The van der Waals surface area contributed by atoms with E-state index in [-0.39, 0.29) is 11.9 Å². The molecule has 1 saturated heterocycles. The first kappa shape index (κ1) is 15.9. The lowest BCUT2D eigenvalue weighted by atomic mass is 10.1. The molecule has 1 fully saturated rings. The summed E-state index contributed by atoms with van der Waals surface area (Å²) in [7, 11) is 0. The van der Waals surface area contributed by atoms with E-state index in [1.807, 2.05) is 0 Å². The van der Waals surface area contributed by atoms with Crippen LogP contribution in [0.4, 0.5) is 0 Å². The molecule has 0 saturated carbocycles. The molecule has 0 radical (unpaired) electrons. The smallest absolute Gasteiger partial charge is 0.274 e. The molecule has 1 aliphatic heterocycles. The molecule has 2 rings (SSSR count). The van der Waals surface area contributed by atoms with Gasteiger partial charge in [0.1, 0.15) is 16.7 Å². The molecule has 2 atom stereocenters. The Morgan fingerprint density at radius 3 is 2.86 bits per heavy atom. The van der Waals surface area contributed by atoms with Crippen molar-refractivity contribution in [2.45, 2.75) is 45.2 Å². The summed E-state index contributed by atoms with van der Waals surface area (Å²) in [6, 6.07) is -0.658. The van der Waals surface area contributed by atoms with Gasteiger partial charge >= 0.3 is 0 Å². The third kappa shape index (κ3) is 3.59. The van der Waals surface area contributed by atoms with Crippen LogP contribution in [0.5, 0.6) is 0 Å². The van der Waals surface area contributed by atoms with E-state index >= 15 is 0 Å². The molecule has 21 heavy (non-hydrogen) atoms. The Morgan fingerprint density at radius 1 is 1.52 bits per heavy atom. The van der Waals surface area contributed by atoms with Crippen LogP contribution in [0.15, 0.2) is 5.38 Å². The second-order valence-electron chi connectivity index (χ2n) is 5.87. The normalized spacial score (nSPS) is 20.0. The molecule has 116 valence electrons. The second kappa shape index (κ2) is 6.53. The maximum absolute atomic E-state index is 12.4. The maximum Gasteiger partial charge on any atom is 0.274 e. The monoisotopic (exact) mass is 310 g/mol. The van der Waals surface area contributed by atoms with Crippen LogP contribution in [0.25, 0.3) is 0 Å². The topological polar surface area (TPSA) is 102 Å². The minimum absolute atomic E-state index is 0.151. The second-order valence-corrected chi connectivity index (χ2v) is 6.76. The average molecular weight is 310 g/mol. The number of rotatable bonds is 5. The summed E-state index contributed by atoms with van der Waals surface area (Å²) in [5.74, 6) is -0.204. The number of primary amides is 1. The summed E-state index contributed by atoms with van der Waals surface area (Å²) in [5.41, 5.74) is 11.8. The van der Waals surface area contributed by atoms with Crippen molar-refractivity contribution in [2.24, 2.45) is 17.4 Å². The van der Waals surface area contributed by atoms with Crippen molar-refractivity contribution in [3.05, 3.63) is 16.1 Å². The van der Waals surface area contributed by atoms with E-state index in [0.717, 1.165) is 17.8 Å². The Labute approximate surface area is 128 Å². The zero-order valence-electron chi connectivity index (χ0n) is 12.4. The number of thiazole rings is 1. The van der Waals surface area contributed by atoms with Crippen molar-refractivity contribution < 1.29 is 9.59 Å². The molecule has 0 spiro atoms. The van der Waals surface area contributed by atoms with Crippen LogP contribution in [0.2, 0.25) is 0 Å². The minimum Gasteiger partial charge on any atom is -0.368 e. The number of hydrogen-bond acceptors (Lipinski definition) is 5. The number of likely N-dealkylation sites (tertiary alicyclic amines) is 1. The number of nitrogens with two attached hydrogens (primary N) is 2. The van der Waals surface area contributed by atoms with Crippen molar-refractivity contribution in [3.63, 3.8) is 0 Å². The molecule has 1 aliphatic rings. The number of amides is 2. The highest BCUT2D eigenvalue weighted by molar-refractivity contribution is 7.09. The number of carbonyl (C=O) groups is 2. The average Bonchev–Trinajstić information content (AvgIpc) is 3.06. The Hall–Kier alpha value is -1.47. The molecule has 4 N–H and O–H groups in total. The first-order valence-corrected chi connectivity index (χ1v) is 8.09. The van der Waals surface area contributed by atoms with Gasteiger partial charge in [-0.2, -0.15) is 0 Å². The van der Waals surface area contributed by atoms with Gasteiger partial charge in [0.05, 0.1) is 6.04 Å². The lowest BCUT2D eigenvalue weighted by molar-refractivity contribution is -0.121. The van der Waals surface area contributed by atoms with Crippen LogP contribution >= 0.6 is 11.3 Å². The molecule has 2 unspecified atom stereocenters. The third-order valence-corrected chi connectivity index (χ3v) is 4.60. The number of nitrogens with zero attached hydrogens (tertiary/aromatic N) is 2. The zero-order valence-corrected chi connectivity index (χ0v) is 13.2. The van der Waals surface area contributed by atoms with Crippen molar-refractivity contribution in [2.75, 3.05) is 6.54 Å². The fraction of sp³-hybridized carbons (Fsp3) is 0.643. The summed E-state index contributed by atoms with van der Waals surface area (Å²) >= 11 is 1.40. The van der Waals surface area contributed by atoms with E-state index in [1.54, 1.807) is 5.38 Å². The number of carbonyl (C=O) groups excluding carboxylic acids is 2. The zero-order chi connectivity index (χ0) is 15.6. The van der Waals surface area contributed by atoms with Gasteiger partial charge in [0.2, 0.25) is 5.91 Å². The molecule has 0 bridgehead atoms. The summed E-state index contributed by atoms with van der Waals surface area (Å²) in [5, 5.41) is 2.48. The first-order chi connectivity index (χ1) is 9.90. The van der Waals surface area contributed by atoms with Gasteiger partial charge in [0.15, 0.2) is 0 Å². The van der Waals surface area contributed by atoms with Gasteiger partial charge in [-0.05, 0) is 25.2 Å². The van der Waals surface area contributed by atoms with E-state index in [9.17, 15) is 9.59 Å². The molecular formula is C14H22N4O2S. The Morgan fingerprint density at radius 2 is 2.24 bits per heavy atom. The molecule has 0 aliphatic carbocycles. The number of hydrogen-bond donors (Lipinski definition) is 2. The predicted octanol–water partition coefficient (Wildman–Crippen LogP) is 1.28. The van der Waals surface area contributed by atoms with E-state index in [1.165, 1.54) is 16.2 Å². The molecule has 1 aromatic rings. The highest BCUT2D eigenvalue weighted by Crippen LogP contribution is 2.25. The van der Waals surface area contributed by atoms with Crippen molar-refractivity contribution in [1.82, 2.24) is 9.88 Å². The maximum atomic E-state index is 12.4. The molecule has 1 aromatic heterocycles. The van der Waals surface area contributed by atoms with Crippen LogP contribution in [-0.4, -0.2) is 34.3 Å². The summed E-state index contributed by atoms with van der Waals surface area (Å²) in [6.07, 6.45) is 2.25. The van der Waals surface area contributed by atoms with E-state index in [4.69, 9.17) is 11.5 Å². The Bertz CT molecular complexity index is 529. The fourth-order valence-corrected chi connectivity index (χ4v) is 3.43. The van der Waals surface area contributed by atoms with E-state index < -0.39 is 11.9 Å². The van der Waals surface area contributed by atoms with Crippen LogP contribution in [-0.2, 0) is 4.79 Å². The quantitative estimate of drug-likeness (QED) is 0.855. The van der Waals surface area contributed by atoms with Gasteiger partial charge in [-0.3, -0.25) is 9.59 Å². The Balaban J connectivity index is 2.10. The lowest BCUT2D eigenvalue weighted by Gasteiger charge is -2.21. The van der Waals surface area contributed by atoms with Gasteiger partial charge in [-0.15, -0.1) is 11.3 Å². The van der Waals surface area contributed by atoms with Crippen LogP contribution < -0.4 is 11.5 Å². The summed E-state index contributed by atoms with van der Waals surface area (Å²) < 4.78 is 0. The van der Waals surface area contributed by atoms with Crippen molar-refractivity contribution in [3.8, 4) is 0 Å². The molecule has 2 heterocycles. The van der Waals surface area contributed by atoms with Crippen LogP contribution in [0.1, 0.15) is 54.6 Å². The highest BCUT2D eigenvalue weighted by atomic mass is 32.1. The fourth-order valence-electron chi connectivity index (χ4n) is 2.62. The minimum atomic E-state index is -0.507. The van der Waals surface area contributed by atoms with Crippen molar-refractivity contribution in [1.29, 1.82) is 0 Å². The van der Waals surface area contributed by atoms with Gasteiger partial charge in [0, 0.05) is 11.9 Å². The largest absolute Gasteiger partial charge is 0.368 e. The van der Waals surface area contributed by atoms with Crippen LogP contribution in [0.3, 0.4) is 0 Å². The molecule has 6 nitrogen and oxygen atoms in total. The lowest BCUT2D eigenvalue weighted by Crippen LogP contribution is -2.43. The SMILES string of the molecule is CC(C)CC(N)c1nc(C(=O)N2CCCC2C(N)=O)cs1. The van der Waals surface area contributed by atoms with E-state index in [0.29, 0.717) is 24.6 Å². The molecular weight excluding hydrogens is 288 g/mol. The summed E-state index contributed by atoms with van der Waals surface area (Å²) in [6.45, 7) is 4.75.